The molecule has 0 aliphatic carbocycles. The van der Waals surface area contributed by atoms with Crippen LogP contribution >= 0.6 is 11.6 Å². The lowest BCUT2D eigenvalue weighted by Gasteiger charge is -2.12. The van der Waals surface area contributed by atoms with Crippen molar-refractivity contribution >= 4 is 39.2 Å². The molecular formula is C17H17ClN2O6S. The summed E-state index contributed by atoms with van der Waals surface area (Å²) in [6.45, 7) is -0.595. The Kier molecular flexibility index (Phi) is 6.42. The number of phenols is 1. The van der Waals surface area contributed by atoms with Gasteiger partial charge in [-0.05, 0) is 42.5 Å². The lowest BCUT2D eigenvalue weighted by atomic mass is 10.2. The topological polar surface area (TPSA) is 113 Å². The molecule has 8 nitrogen and oxygen atoms in total. The first-order valence-corrected chi connectivity index (χ1v) is 9.41. The Bertz CT molecular complexity index is 958. The van der Waals surface area contributed by atoms with E-state index in [0.29, 0.717) is 5.69 Å². The molecule has 0 saturated carbocycles. The Morgan fingerprint density at radius 3 is 2.37 bits per heavy atom. The van der Waals surface area contributed by atoms with Gasteiger partial charge in [0.15, 0.2) is 6.61 Å². The second-order valence-corrected chi connectivity index (χ2v) is 8.19. The number of aromatic hydroxyl groups is 1. The minimum atomic E-state index is -3.57. The molecule has 1 amide bonds. The predicted octanol–water partition coefficient (Wildman–Crippen LogP) is 2.09. The molecule has 0 aliphatic heterocycles. The van der Waals surface area contributed by atoms with Crippen LogP contribution in [-0.4, -0.2) is 50.4 Å². The number of nitrogens with zero attached hydrogens (tertiary/aromatic N) is 1. The number of nitrogens with one attached hydrogen (secondary N) is 1. The molecule has 0 radical (unpaired) electrons. The monoisotopic (exact) mass is 412 g/mol. The van der Waals surface area contributed by atoms with Crippen LogP contribution in [0.15, 0.2) is 47.4 Å². The fourth-order valence-corrected chi connectivity index (χ4v) is 3.07. The summed E-state index contributed by atoms with van der Waals surface area (Å²) in [6, 6.07) is 9.39. The molecule has 0 heterocycles. The number of esters is 1. The van der Waals surface area contributed by atoms with Crippen molar-refractivity contribution in [1.82, 2.24) is 4.31 Å². The van der Waals surface area contributed by atoms with Gasteiger partial charge in [0.2, 0.25) is 10.0 Å². The number of carbonyl (C=O) groups is 2. The number of hydrogen-bond acceptors (Lipinski definition) is 6. The summed E-state index contributed by atoms with van der Waals surface area (Å²) >= 11 is 5.75. The van der Waals surface area contributed by atoms with Crippen molar-refractivity contribution in [3.8, 4) is 5.75 Å². The SMILES string of the molecule is CN(C)S(=O)(=O)c1ccc(NC(=O)COC(=O)c2cc(Cl)ccc2O)cc1. The highest BCUT2D eigenvalue weighted by atomic mass is 35.5. The van der Waals surface area contributed by atoms with Gasteiger partial charge in [-0.3, -0.25) is 4.79 Å². The van der Waals surface area contributed by atoms with Crippen LogP contribution in [0.2, 0.25) is 5.02 Å². The number of benzene rings is 2. The smallest absolute Gasteiger partial charge is 0.342 e. The van der Waals surface area contributed by atoms with Crippen molar-refractivity contribution in [1.29, 1.82) is 0 Å². The average molecular weight is 413 g/mol. The predicted molar refractivity (Wildman–Crippen MR) is 99.3 cm³/mol. The normalized spacial score (nSPS) is 11.3. The van der Waals surface area contributed by atoms with Crippen LogP contribution in [0.1, 0.15) is 10.4 Å². The third-order valence-electron chi connectivity index (χ3n) is 3.43. The first-order valence-electron chi connectivity index (χ1n) is 7.59. The summed E-state index contributed by atoms with van der Waals surface area (Å²) in [5.41, 5.74) is 0.174. The fourth-order valence-electron chi connectivity index (χ4n) is 2.00. The van der Waals surface area contributed by atoms with Crippen molar-refractivity contribution < 1.29 is 27.9 Å². The Labute approximate surface area is 161 Å². The number of rotatable bonds is 6. The molecule has 0 fully saturated rings. The van der Waals surface area contributed by atoms with Gasteiger partial charge in [-0.25, -0.2) is 17.5 Å². The lowest BCUT2D eigenvalue weighted by molar-refractivity contribution is -0.119. The summed E-state index contributed by atoms with van der Waals surface area (Å²) < 4.78 is 29.9. The Morgan fingerprint density at radius 2 is 1.78 bits per heavy atom. The molecule has 0 unspecified atom stereocenters. The largest absolute Gasteiger partial charge is 0.507 e. The number of carbonyl (C=O) groups excluding carboxylic acids is 2. The van der Waals surface area contributed by atoms with Gasteiger partial charge in [-0.15, -0.1) is 0 Å². The maximum Gasteiger partial charge on any atom is 0.342 e. The Balaban J connectivity index is 1.96. The van der Waals surface area contributed by atoms with Crippen LogP contribution < -0.4 is 5.32 Å². The first kappa shape index (κ1) is 20.7. The molecule has 0 bridgehead atoms. The van der Waals surface area contributed by atoms with Crippen molar-refractivity contribution in [2.45, 2.75) is 4.90 Å². The lowest BCUT2D eigenvalue weighted by Crippen LogP contribution is -2.22. The standard InChI is InChI=1S/C17H17ClN2O6S/c1-20(2)27(24,25)13-6-4-12(5-7-13)19-16(22)10-26-17(23)14-9-11(18)3-8-15(14)21/h3-9,21H,10H2,1-2H3,(H,19,22). The van der Waals surface area contributed by atoms with E-state index in [1.807, 2.05) is 0 Å². The van der Waals surface area contributed by atoms with Crippen LogP contribution in [0.3, 0.4) is 0 Å². The quantitative estimate of drug-likeness (QED) is 0.702. The summed E-state index contributed by atoms with van der Waals surface area (Å²) in [7, 11) is -0.737. The molecule has 0 saturated heterocycles. The average Bonchev–Trinajstić information content (AvgIpc) is 2.62. The van der Waals surface area contributed by atoms with E-state index in [9.17, 15) is 23.1 Å². The number of phenolic OH excluding ortho intramolecular Hbond substituents is 1. The molecule has 0 aliphatic rings. The number of anilines is 1. The third kappa shape index (κ3) is 5.19. The van der Waals surface area contributed by atoms with E-state index in [1.165, 1.54) is 56.6 Å². The van der Waals surface area contributed by atoms with Crippen LogP contribution in [0, 0.1) is 0 Å². The second-order valence-electron chi connectivity index (χ2n) is 5.60. The number of hydrogen-bond donors (Lipinski definition) is 2. The van der Waals surface area contributed by atoms with Crippen molar-refractivity contribution in [2.24, 2.45) is 0 Å². The van der Waals surface area contributed by atoms with Crippen molar-refractivity contribution in [2.75, 3.05) is 26.0 Å². The van der Waals surface area contributed by atoms with Gasteiger partial charge in [0.1, 0.15) is 11.3 Å². The minimum absolute atomic E-state index is 0.0772. The maximum absolute atomic E-state index is 12.0. The molecule has 0 atom stereocenters. The minimum Gasteiger partial charge on any atom is -0.507 e. The molecule has 2 N–H and O–H groups in total. The van der Waals surface area contributed by atoms with E-state index in [-0.39, 0.29) is 21.2 Å². The van der Waals surface area contributed by atoms with Crippen molar-refractivity contribution in [3.63, 3.8) is 0 Å². The number of sulfonamides is 1. The zero-order chi connectivity index (χ0) is 20.2. The van der Waals surface area contributed by atoms with Gasteiger partial charge < -0.3 is 15.2 Å². The maximum atomic E-state index is 12.0. The summed E-state index contributed by atoms with van der Waals surface area (Å²) in [5, 5.41) is 12.3. The number of halogens is 1. The van der Waals surface area contributed by atoms with E-state index in [0.717, 1.165) is 4.31 Å². The Hall–Kier alpha value is -2.62. The third-order valence-corrected chi connectivity index (χ3v) is 5.49. The van der Waals surface area contributed by atoms with Crippen LogP contribution in [0.5, 0.6) is 5.75 Å². The van der Waals surface area contributed by atoms with Gasteiger partial charge >= 0.3 is 5.97 Å². The summed E-state index contributed by atoms with van der Waals surface area (Å²) in [6.07, 6.45) is 0. The van der Waals surface area contributed by atoms with Crippen LogP contribution in [0.25, 0.3) is 0 Å². The summed E-state index contributed by atoms with van der Waals surface area (Å²) in [4.78, 5) is 23.9. The molecule has 10 heteroatoms. The van der Waals surface area contributed by atoms with Gasteiger partial charge in [0.05, 0.1) is 4.90 Å². The molecule has 2 aromatic carbocycles. The fraction of sp³-hybridized carbons (Fsp3) is 0.176. The van der Waals surface area contributed by atoms with E-state index in [2.05, 4.69) is 5.32 Å². The van der Waals surface area contributed by atoms with E-state index in [1.54, 1.807) is 0 Å². The summed E-state index contributed by atoms with van der Waals surface area (Å²) in [5.74, 6) is -1.85. The molecule has 27 heavy (non-hydrogen) atoms. The second kappa shape index (κ2) is 8.38. The van der Waals surface area contributed by atoms with E-state index >= 15 is 0 Å². The highest BCUT2D eigenvalue weighted by Crippen LogP contribution is 2.22. The number of ether oxygens (including phenoxy) is 1. The molecule has 2 aromatic rings. The molecule has 0 spiro atoms. The van der Waals surface area contributed by atoms with Gasteiger partial charge in [0, 0.05) is 24.8 Å². The molecular weight excluding hydrogens is 396 g/mol. The van der Waals surface area contributed by atoms with E-state index in [4.69, 9.17) is 16.3 Å². The molecule has 0 aromatic heterocycles. The number of amides is 1. The van der Waals surface area contributed by atoms with Gasteiger partial charge in [-0.2, -0.15) is 0 Å². The van der Waals surface area contributed by atoms with Gasteiger partial charge in [-0.1, -0.05) is 11.6 Å². The Morgan fingerprint density at radius 1 is 1.15 bits per heavy atom. The van der Waals surface area contributed by atoms with Crippen LogP contribution in [-0.2, 0) is 19.6 Å². The van der Waals surface area contributed by atoms with Crippen LogP contribution in [0.4, 0.5) is 5.69 Å². The van der Waals surface area contributed by atoms with Crippen molar-refractivity contribution in [3.05, 3.63) is 53.1 Å². The highest BCUT2D eigenvalue weighted by Gasteiger charge is 2.17. The molecule has 144 valence electrons. The van der Waals surface area contributed by atoms with E-state index < -0.39 is 28.5 Å². The first-order chi connectivity index (χ1) is 12.6. The zero-order valence-electron chi connectivity index (χ0n) is 14.5. The van der Waals surface area contributed by atoms with Gasteiger partial charge in [0.25, 0.3) is 5.91 Å². The zero-order valence-corrected chi connectivity index (χ0v) is 16.0. The highest BCUT2D eigenvalue weighted by molar-refractivity contribution is 7.89. The molecule has 2 rings (SSSR count).